The number of benzene rings is 2. The van der Waals surface area contributed by atoms with Gasteiger partial charge in [-0.3, -0.25) is 0 Å². The van der Waals surface area contributed by atoms with Gasteiger partial charge < -0.3 is 10.0 Å². The Kier molecular flexibility index (Phi) is 4.78. The Labute approximate surface area is 127 Å². The molecule has 2 aromatic carbocycles. The van der Waals surface area contributed by atoms with Gasteiger partial charge in [0.25, 0.3) is 0 Å². The SMILES string of the molecule is CN(Cc1cccc(C#N)c1)c1ccc(CO)c(Br)c1. The van der Waals surface area contributed by atoms with Crippen LogP contribution in [0, 0.1) is 11.3 Å². The van der Waals surface area contributed by atoms with E-state index in [0.29, 0.717) is 5.56 Å². The van der Waals surface area contributed by atoms with E-state index in [0.717, 1.165) is 27.8 Å². The first-order valence-corrected chi connectivity index (χ1v) is 7.03. The predicted octanol–water partition coefficient (Wildman–Crippen LogP) is 3.45. The molecule has 0 spiro atoms. The molecule has 0 saturated heterocycles. The van der Waals surface area contributed by atoms with E-state index >= 15 is 0 Å². The Bertz CT molecular complexity index is 649. The predicted molar refractivity (Wildman–Crippen MR) is 83.3 cm³/mol. The zero-order valence-corrected chi connectivity index (χ0v) is 12.8. The molecule has 0 heterocycles. The Hall–Kier alpha value is -1.83. The second-order valence-electron chi connectivity index (χ2n) is 4.60. The van der Waals surface area contributed by atoms with Crippen LogP contribution in [0.1, 0.15) is 16.7 Å². The minimum atomic E-state index is 0.0226. The van der Waals surface area contributed by atoms with Crippen LogP contribution < -0.4 is 4.90 Å². The molecule has 0 aliphatic heterocycles. The zero-order chi connectivity index (χ0) is 14.5. The van der Waals surface area contributed by atoms with Crippen LogP contribution in [-0.4, -0.2) is 12.2 Å². The Morgan fingerprint density at radius 2 is 2.05 bits per heavy atom. The van der Waals surface area contributed by atoms with E-state index in [4.69, 9.17) is 10.4 Å². The standard InChI is InChI=1S/C16H15BrN2O/c1-19(10-13-4-2-3-12(7-13)9-18)15-6-5-14(11-20)16(17)8-15/h2-8,20H,10-11H2,1H3. The van der Waals surface area contributed by atoms with Crippen molar-refractivity contribution in [3.63, 3.8) is 0 Å². The maximum atomic E-state index is 9.17. The lowest BCUT2D eigenvalue weighted by Crippen LogP contribution is -2.16. The maximum absolute atomic E-state index is 9.17. The van der Waals surface area contributed by atoms with Crippen LogP contribution in [0.25, 0.3) is 0 Å². The van der Waals surface area contributed by atoms with Gasteiger partial charge in [-0.15, -0.1) is 0 Å². The van der Waals surface area contributed by atoms with Gasteiger partial charge >= 0.3 is 0 Å². The second-order valence-corrected chi connectivity index (χ2v) is 5.46. The highest BCUT2D eigenvalue weighted by atomic mass is 79.9. The molecule has 0 aliphatic rings. The van der Waals surface area contributed by atoms with Crippen LogP contribution in [0.5, 0.6) is 0 Å². The van der Waals surface area contributed by atoms with Crippen molar-refractivity contribution in [2.24, 2.45) is 0 Å². The third kappa shape index (κ3) is 3.38. The summed E-state index contributed by atoms with van der Waals surface area (Å²) in [5.41, 5.74) is 3.69. The molecule has 0 atom stereocenters. The topological polar surface area (TPSA) is 47.3 Å². The Morgan fingerprint density at radius 1 is 1.25 bits per heavy atom. The van der Waals surface area contributed by atoms with Gasteiger partial charge in [0.1, 0.15) is 0 Å². The smallest absolute Gasteiger partial charge is 0.0991 e. The quantitative estimate of drug-likeness (QED) is 0.933. The number of halogens is 1. The van der Waals surface area contributed by atoms with E-state index in [1.165, 1.54) is 0 Å². The summed E-state index contributed by atoms with van der Waals surface area (Å²) >= 11 is 3.45. The molecule has 2 rings (SSSR count). The van der Waals surface area contributed by atoms with Crippen LogP contribution >= 0.6 is 15.9 Å². The molecule has 0 aromatic heterocycles. The van der Waals surface area contributed by atoms with Crippen molar-refractivity contribution in [2.45, 2.75) is 13.2 Å². The number of aliphatic hydroxyl groups excluding tert-OH is 1. The van der Waals surface area contributed by atoms with E-state index in [1.807, 2.05) is 43.4 Å². The molecule has 0 aliphatic carbocycles. The van der Waals surface area contributed by atoms with Crippen molar-refractivity contribution >= 4 is 21.6 Å². The Morgan fingerprint density at radius 3 is 2.70 bits per heavy atom. The largest absolute Gasteiger partial charge is 0.392 e. The molecule has 0 bridgehead atoms. The van der Waals surface area contributed by atoms with Crippen molar-refractivity contribution in [1.82, 2.24) is 0 Å². The molecular formula is C16H15BrN2O. The van der Waals surface area contributed by atoms with Gasteiger partial charge in [0.05, 0.1) is 18.2 Å². The van der Waals surface area contributed by atoms with Crippen LogP contribution in [0.15, 0.2) is 46.9 Å². The number of hydrogen-bond donors (Lipinski definition) is 1. The van der Waals surface area contributed by atoms with Gasteiger partial charge in [0, 0.05) is 23.8 Å². The van der Waals surface area contributed by atoms with E-state index in [-0.39, 0.29) is 6.61 Å². The first-order chi connectivity index (χ1) is 9.63. The molecule has 0 radical (unpaired) electrons. The normalized spacial score (nSPS) is 10.1. The van der Waals surface area contributed by atoms with E-state index < -0.39 is 0 Å². The molecule has 2 aromatic rings. The number of nitrogens with zero attached hydrogens (tertiary/aromatic N) is 2. The van der Waals surface area contributed by atoms with Crippen molar-refractivity contribution in [3.8, 4) is 6.07 Å². The zero-order valence-electron chi connectivity index (χ0n) is 11.2. The molecule has 3 nitrogen and oxygen atoms in total. The van der Waals surface area contributed by atoms with Crippen LogP contribution in [0.3, 0.4) is 0 Å². The summed E-state index contributed by atoms with van der Waals surface area (Å²) in [7, 11) is 2.00. The monoisotopic (exact) mass is 330 g/mol. The van der Waals surface area contributed by atoms with Crippen LogP contribution in [0.4, 0.5) is 5.69 Å². The molecule has 1 N–H and O–H groups in total. The lowest BCUT2D eigenvalue weighted by Gasteiger charge is -2.20. The van der Waals surface area contributed by atoms with Crippen LogP contribution in [0.2, 0.25) is 0 Å². The molecule has 0 fully saturated rings. The lowest BCUT2D eigenvalue weighted by atomic mass is 10.1. The summed E-state index contributed by atoms with van der Waals surface area (Å²) in [6, 6.07) is 15.6. The van der Waals surface area contributed by atoms with E-state index in [1.54, 1.807) is 6.07 Å². The summed E-state index contributed by atoms with van der Waals surface area (Å²) in [6.45, 7) is 0.745. The molecular weight excluding hydrogens is 316 g/mol. The summed E-state index contributed by atoms with van der Waals surface area (Å²) in [5, 5.41) is 18.1. The van der Waals surface area contributed by atoms with Gasteiger partial charge in [-0.1, -0.05) is 34.1 Å². The van der Waals surface area contributed by atoms with Crippen molar-refractivity contribution in [2.75, 3.05) is 11.9 Å². The minimum absolute atomic E-state index is 0.0226. The number of rotatable bonds is 4. The highest BCUT2D eigenvalue weighted by molar-refractivity contribution is 9.10. The maximum Gasteiger partial charge on any atom is 0.0991 e. The average molecular weight is 331 g/mol. The van der Waals surface area contributed by atoms with Gasteiger partial charge in [-0.2, -0.15) is 5.26 Å². The fourth-order valence-corrected chi connectivity index (χ4v) is 2.50. The third-order valence-corrected chi connectivity index (χ3v) is 3.86. The van der Waals surface area contributed by atoms with Gasteiger partial charge in [0.2, 0.25) is 0 Å². The number of anilines is 1. The van der Waals surface area contributed by atoms with E-state index in [9.17, 15) is 0 Å². The third-order valence-electron chi connectivity index (χ3n) is 3.12. The summed E-state index contributed by atoms with van der Waals surface area (Å²) in [5.74, 6) is 0. The first-order valence-electron chi connectivity index (χ1n) is 6.23. The van der Waals surface area contributed by atoms with Crippen molar-refractivity contribution < 1.29 is 5.11 Å². The minimum Gasteiger partial charge on any atom is -0.392 e. The fraction of sp³-hybridized carbons (Fsp3) is 0.188. The summed E-state index contributed by atoms with van der Waals surface area (Å²) in [6.07, 6.45) is 0. The number of aliphatic hydroxyl groups is 1. The van der Waals surface area contributed by atoms with Crippen LogP contribution in [-0.2, 0) is 13.2 Å². The highest BCUT2D eigenvalue weighted by Gasteiger charge is 2.06. The molecule has 0 amide bonds. The van der Waals surface area contributed by atoms with Gasteiger partial charge in [0.15, 0.2) is 0 Å². The van der Waals surface area contributed by atoms with E-state index in [2.05, 4.69) is 26.9 Å². The molecule has 102 valence electrons. The lowest BCUT2D eigenvalue weighted by molar-refractivity contribution is 0.281. The molecule has 20 heavy (non-hydrogen) atoms. The van der Waals surface area contributed by atoms with Crippen molar-refractivity contribution in [1.29, 1.82) is 5.26 Å². The number of nitriles is 1. The Balaban J connectivity index is 2.17. The highest BCUT2D eigenvalue weighted by Crippen LogP contribution is 2.24. The molecule has 0 saturated carbocycles. The number of hydrogen-bond acceptors (Lipinski definition) is 3. The molecule has 0 unspecified atom stereocenters. The van der Waals surface area contributed by atoms with Gasteiger partial charge in [-0.05, 0) is 35.4 Å². The second kappa shape index (κ2) is 6.56. The average Bonchev–Trinajstić information content (AvgIpc) is 2.47. The summed E-state index contributed by atoms with van der Waals surface area (Å²) < 4.78 is 0.898. The van der Waals surface area contributed by atoms with Gasteiger partial charge in [-0.25, -0.2) is 0 Å². The fourth-order valence-electron chi connectivity index (χ4n) is 2.01. The molecule has 4 heteroatoms. The first kappa shape index (κ1) is 14.6. The summed E-state index contributed by atoms with van der Waals surface area (Å²) in [4.78, 5) is 2.10. The van der Waals surface area contributed by atoms with Crippen molar-refractivity contribution in [3.05, 3.63) is 63.6 Å².